The number of aromatic nitrogens is 4. The van der Waals surface area contributed by atoms with Gasteiger partial charge in [-0.1, -0.05) is 9.89 Å². The van der Waals surface area contributed by atoms with Crippen molar-refractivity contribution in [3.63, 3.8) is 0 Å². The average Bonchev–Trinajstić information content (AvgIpc) is 2.33. The highest BCUT2D eigenvalue weighted by Crippen LogP contribution is 2.04. The first-order valence-corrected chi connectivity index (χ1v) is 2.95. The summed E-state index contributed by atoms with van der Waals surface area (Å²) < 4.78 is 0. The van der Waals surface area contributed by atoms with Gasteiger partial charge in [-0.3, -0.25) is 0 Å². The molecule has 0 amide bonds. The van der Waals surface area contributed by atoms with E-state index in [-0.39, 0.29) is 6.04 Å². The predicted molar refractivity (Wildman–Crippen MR) is 34.8 cm³/mol. The first kappa shape index (κ1) is 5.33. The third-order valence-electron chi connectivity index (χ3n) is 1.21. The Kier molecular flexibility index (Phi) is 0.938. The molecule has 1 unspecified atom stereocenters. The molecule has 0 saturated heterocycles. The quantitative estimate of drug-likeness (QED) is 0.515. The fraction of sp³-hybridized carbons (Fsp3) is 0.500. The van der Waals surface area contributed by atoms with Crippen molar-refractivity contribution < 1.29 is 0 Å². The van der Waals surface area contributed by atoms with Gasteiger partial charge in [0.25, 0.3) is 5.95 Å². The van der Waals surface area contributed by atoms with E-state index in [2.05, 4.69) is 25.9 Å². The molecule has 1 aromatic rings. The van der Waals surface area contributed by atoms with Crippen LogP contribution in [-0.4, -0.2) is 32.6 Å². The molecular weight excluding hydrogens is 132 g/mol. The lowest BCUT2D eigenvalue weighted by Crippen LogP contribution is -2.23. The Morgan fingerprint density at radius 1 is 1.70 bits per heavy atom. The molecule has 52 valence electrons. The number of nitrogens with zero attached hydrogens (tertiary/aromatic N) is 5. The SMILES string of the molecule is CC1C=Nn2nnnc2N1. The highest BCUT2D eigenvalue weighted by molar-refractivity contribution is 5.69. The number of tetrazole rings is 1. The summed E-state index contributed by atoms with van der Waals surface area (Å²) in [6.07, 6.45) is 1.74. The predicted octanol–water partition coefficient (Wildman–Crippen LogP) is -0.679. The molecule has 1 aliphatic heterocycles. The molecule has 1 atom stereocenters. The van der Waals surface area contributed by atoms with Crippen molar-refractivity contribution in [2.75, 3.05) is 5.32 Å². The van der Waals surface area contributed by atoms with Crippen LogP contribution in [0.3, 0.4) is 0 Å². The molecule has 6 heteroatoms. The lowest BCUT2D eigenvalue weighted by molar-refractivity contribution is 0.680. The minimum Gasteiger partial charge on any atom is -0.344 e. The minimum absolute atomic E-state index is 0.207. The monoisotopic (exact) mass is 138 g/mol. The summed E-state index contributed by atoms with van der Waals surface area (Å²) in [5.41, 5.74) is 0. The normalized spacial score (nSPS) is 21.9. The van der Waals surface area contributed by atoms with Gasteiger partial charge in [0.15, 0.2) is 0 Å². The maximum Gasteiger partial charge on any atom is 0.266 e. The van der Waals surface area contributed by atoms with Gasteiger partial charge in [-0.2, -0.15) is 5.10 Å². The Bertz CT molecular complexity index is 262. The van der Waals surface area contributed by atoms with Crippen molar-refractivity contribution in [1.82, 2.24) is 20.3 Å². The van der Waals surface area contributed by atoms with Crippen LogP contribution >= 0.6 is 0 Å². The number of fused-ring (bicyclic) bond motifs is 1. The van der Waals surface area contributed by atoms with Gasteiger partial charge in [0.2, 0.25) is 0 Å². The summed E-state index contributed by atoms with van der Waals surface area (Å²) in [6, 6.07) is 0.207. The lowest BCUT2D eigenvalue weighted by Gasteiger charge is -2.11. The van der Waals surface area contributed by atoms with E-state index >= 15 is 0 Å². The molecule has 1 aliphatic rings. The first-order chi connectivity index (χ1) is 4.86. The van der Waals surface area contributed by atoms with Crippen molar-refractivity contribution >= 4 is 12.2 Å². The van der Waals surface area contributed by atoms with E-state index in [4.69, 9.17) is 0 Å². The fourth-order valence-corrected chi connectivity index (χ4v) is 0.751. The van der Waals surface area contributed by atoms with Crippen molar-refractivity contribution in [3.05, 3.63) is 0 Å². The zero-order valence-corrected chi connectivity index (χ0v) is 5.39. The van der Waals surface area contributed by atoms with Crippen molar-refractivity contribution in [1.29, 1.82) is 0 Å². The highest BCUT2D eigenvalue weighted by Gasteiger charge is 2.10. The number of anilines is 1. The summed E-state index contributed by atoms with van der Waals surface area (Å²) in [5.74, 6) is 0.593. The second-order valence-corrected chi connectivity index (χ2v) is 2.09. The maximum atomic E-state index is 3.93. The summed E-state index contributed by atoms with van der Waals surface area (Å²) >= 11 is 0. The smallest absolute Gasteiger partial charge is 0.266 e. The molecule has 10 heavy (non-hydrogen) atoms. The molecular formula is C4H6N6. The average molecular weight is 138 g/mol. The molecule has 0 aliphatic carbocycles. The van der Waals surface area contributed by atoms with Gasteiger partial charge in [-0.15, -0.1) is 0 Å². The van der Waals surface area contributed by atoms with Crippen LogP contribution in [0.1, 0.15) is 6.92 Å². The van der Waals surface area contributed by atoms with Crippen LogP contribution in [0.25, 0.3) is 0 Å². The largest absolute Gasteiger partial charge is 0.344 e. The molecule has 0 bridgehead atoms. The second-order valence-electron chi connectivity index (χ2n) is 2.09. The molecule has 0 radical (unpaired) electrons. The van der Waals surface area contributed by atoms with Crippen LogP contribution in [-0.2, 0) is 0 Å². The molecule has 0 saturated carbocycles. The van der Waals surface area contributed by atoms with E-state index in [1.807, 2.05) is 6.92 Å². The van der Waals surface area contributed by atoms with E-state index in [9.17, 15) is 0 Å². The second kappa shape index (κ2) is 1.76. The Hall–Kier alpha value is -1.46. The Labute approximate surface area is 56.9 Å². The summed E-state index contributed by atoms with van der Waals surface area (Å²) in [6.45, 7) is 1.97. The topological polar surface area (TPSA) is 68.0 Å². The van der Waals surface area contributed by atoms with Crippen LogP contribution in [0.2, 0.25) is 0 Å². The number of hydrogen-bond donors (Lipinski definition) is 1. The summed E-state index contributed by atoms with van der Waals surface area (Å²) in [4.78, 5) is 1.35. The van der Waals surface area contributed by atoms with Gasteiger partial charge in [0, 0.05) is 6.21 Å². The molecule has 0 fully saturated rings. The fourth-order valence-electron chi connectivity index (χ4n) is 0.751. The molecule has 1 aromatic heterocycles. The third kappa shape index (κ3) is 0.652. The zero-order valence-electron chi connectivity index (χ0n) is 5.39. The van der Waals surface area contributed by atoms with E-state index < -0.39 is 0 Å². The number of nitrogens with one attached hydrogen (secondary N) is 1. The minimum atomic E-state index is 0.207. The van der Waals surface area contributed by atoms with Crippen LogP contribution in [0.4, 0.5) is 5.95 Å². The van der Waals surface area contributed by atoms with Crippen LogP contribution in [0.5, 0.6) is 0 Å². The Morgan fingerprint density at radius 2 is 2.60 bits per heavy atom. The molecule has 2 rings (SSSR count). The van der Waals surface area contributed by atoms with Crippen LogP contribution in [0.15, 0.2) is 5.10 Å². The molecule has 2 heterocycles. The van der Waals surface area contributed by atoms with Gasteiger partial charge in [0.05, 0.1) is 6.04 Å². The van der Waals surface area contributed by atoms with Crippen LogP contribution < -0.4 is 5.32 Å². The van der Waals surface area contributed by atoms with Crippen LogP contribution in [0, 0.1) is 0 Å². The van der Waals surface area contributed by atoms with Gasteiger partial charge in [-0.05, 0) is 17.4 Å². The summed E-state index contributed by atoms with van der Waals surface area (Å²) in [5, 5.41) is 17.6. The Morgan fingerprint density at radius 3 is 3.50 bits per heavy atom. The van der Waals surface area contributed by atoms with Gasteiger partial charge in [-0.25, -0.2) is 0 Å². The van der Waals surface area contributed by atoms with E-state index in [1.165, 1.54) is 4.79 Å². The molecule has 6 nitrogen and oxygen atoms in total. The van der Waals surface area contributed by atoms with Crippen molar-refractivity contribution in [2.45, 2.75) is 13.0 Å². The van der Waals surface area contributed by atoms with Crippen molar-refractivity contribution in [2.24, 2.45) is 5.10 Å². The van der Waals surface area contributed by atoms with Crippen molar-refractivity contribution in [3.8, 4) is 0 Å². The van der Waals surface area contributed by atoms with E-state index in [0.29, 0.717) is 5.95 Å². The zero-order chi connectivity index (χ0) is 6.97. The van der Waals surface area contributed by atoms with Gasteiger partial charge < -0.3 is 5.32 Å². The third-order valence-corrected chi connectivity index (χ3v) is 1.21. The molecule has 1 N–H and O–H groups in total. The Balaban J connectivity index is 2.43. The molecule has 0 aromatic carbocycles. The number of hydrogen-bond acceptors (Lipinski definition) is 5. The van der Waals surface area contributed by atoms with E-state index in [1.54, 1.807) is 6.21 Å². The maximum absolute atomic E-state index is 3.93. The molecule has 0 spiro atoms. The lowest BCUT2D eigenvalue weighted by atomic mass is 10.4. The van der Waals surface area contributed by atoms with Gasteiger partial charge in [0.1, 0.15) is 0 Å². The van der Waals surface area contributed by atoms with Gasteiger partial charge >= 0.3 is 0 Å². The highest BCUT2D eigenvalue weighted by atomic mass is 15.7. The summed E-state index contributed by atoms with van der Waals surface area (Å²) in [7, 11) is 0. The van der Waals surface area contributed by atoms with E-state index in [0.717, 1.165) is 0 Å². The standard InChI is InChI=1S/C4H6N6/c1-3-2-5-10-4(6-3)7-8-9-10/h2-3H,1H3,(H,6,7,9). The number of rotatable bonds is 0. The first-order valence-electron chi connectivity index (χ1n) is 2.95.